The molecule has 0 amide bonds. The predicted molar refractivity (Wildman–Crippen MR) is 83.9 cm³/mol. The van der Waals surface area contributed by atoms with Crippen LogP contribution in [0, 0.1) is 5.92 Å². The first kappa shape index (κ1) is 15.2. The van der Waals surface area contributed by atoms with Crippen LogP contribution in [0.25, 0.3) is 0 Å². The highest BCUT2D eigenvalue weighted by Gasteiger charge is 2.30. The van der Waals surface area contributed by atoms with Gasteiger partial charge in [0.05, 0.1) is 11.9 Å². The van der Waals surface area contributed by atoms with Gasteiger partial charge in [0.1, 0.15) is 5.82 Å². The van der Waals surface area contributed by atoms with Gasteiger partial charge in [-0.25, -0.2) is 4.98 Å². The van der Waals surface area contributed by atoms with Crippen LogP contribution in [0.1, 0.15) is 52.1 Å². The van der Waals surface area contributed by atoms with Crippen molar-refractivity contribution in [1.82, 2.24) is 15.3 Å². The fourth-order valence-electron chi connectivity index (χ4n) is 2.28. The second kappa shape index (κ2) is 7.58. The monoisotopic (exact) mass is 276 g/mol. The van der Waals surface area contributed by atoms with Crippen molar-refractivity contribution in [1.29, 1.82) is 0 Å². The Labute approximate surface area is 123 Å². The first-order chi connectivity index (χ1) is 9.70. The standard InChI is InChI=1S/C16H28N4/c1-4-8-17-10-14-11-18-12-16(19-14)20(15-5-6-15)9-7-13(2)3/h11-13,15,17H,4-10H2,1-3H3. The minimum atomic E-state index is 0.696. The van der Waals surface area contributed by atoms with Gasteiger partial charge in [0.2, 0.25) is 0 Å². The number of rotatable bonds is 9. The van der Waals surface area contributed by atoms with Gasteiger partial charge in [0, 0.05) is 25.3 Å². The fraction of sp³-hybridized carbons (Fsp3) is 0.750. The molecule has 1 saturated carbocycles. The van der Waals surface area contributed by atoms with Crippen LogP contribution in [0.5, 0.6) is 0 Å². The highest BCUT2D eigenvalue weighted by atomic mass is 15.2. The lowest BCUT2D eigenvalue weighted by Crippen LogP contribution is -2.29. The Morgan fingerprint density at radius 2 is 2.15 bits per heavy atom. The molecule has 2 rings (SSSR count). The first-order valence-electron chi connectivity index (χ1n) is 7.99. The number of nitrogens with one attached hydrogen (secondary N) is 1. The summed E-state index contributed by atoms with van der Waals surface area (Å²) in [5.41, 5.74) is 1.05. The van der Waals surface area contributed by atoms with Crippen molar-refractivity contribution in [3.63, 3.8) is 0 Å². The number of hydrogen-bond donors (Lipinski definition) is 1. The molecule has 0 radical (unpaired) electrons. The van der Waals surface area contributed by atoms with Crippen molar-refractivity contribution in [2.45, 2.75) is 59.0 Å². The lowest BCUT2D eigenvalue weighted by molar-refractivity contribution is 0.567. The molecule has 1 aliphatic carbocycles. The molecule has 1 heterocycles. The Morgan fingerprint density at radius 3 is 2.80 bits per heavy atom. The highest BCUT2D eigenvalue weighted by Crippen LogP contribution is 2.30. The number of hydrogen-bond acceptors (Lipinski definition) is 4. The lowest BCUT2D eigenvalue weighted by Gasteiger charge is -2.24. The molecule has 1 fully saturated rings. The van der Waals surface area contributed by atoms with Crippen LogP contribution in [0.3, 0.4) is 0 Å². The van der Waals surface area contributed by atoms with Gasteiger partial charge in [-0.15, -0.1) is 0 Å². The number of anilines is 1. The van der Waals surface area contributed by atoms with Crippen LogP contribution in [0.4, 0.5) is 5.82 Å². The maximum Gasteiger partial charge on any atom is 0.147 e. The third-order valence-electron chi connectivity index (χ3n) is 3.63. The SMILES string of the molecule is CCCNCc1cncc(N(CCC(C)C)C2CC2)n1. The quantitative estimate of drug-likeness (QED) is 0.704. The average Bonchev–Trinajstić information content (AvgIpc) is 3.24. The van der Waals surface area contributed by atoms with E-state index >= 15 is 0 Å². The summed E-state index contributed by atoms with van der Waals surface area (Å²) in [6, 6.07) is 0.696. The van der Waals surface area contributed by atoms with Crippen LogP contribution >= 0.6 is 0 Å². The van der Waals surface area contributed by atoms with Crippen LogP contribution in [0.2, 0.25) is 0 Å². The van der Waals surface area contributed by atoms with Gasteiger partial charge >= 0.3 is 0 Å². The molecule has 0 spiro atoms. The van der Waals surface area contributed by atoms with Crippen LogP contribution in [-0.4, -0.2) is 29.1 Å². The predicted octanol–water partition coefficient (Wildman–Crippen LogP) is 2.99. The number of nitrogens with zero attached hydrogens (tertiary/aromatic N) is 3. The normalized spacial score (nSPS) is 14.8. The molecule has 0 unspecified atom stereocenters. The Hall–Kier alpha value is -1.16. The molecule has 4 nitrogen and oxygen atoms in total. The maximum absolute atomic E-state index is 4.79. The molecule has 1 aliphatic rings. The van der Waals surface area contributed by atoms with Crippen molar-refractivity contribution in [2.75, 3.05) is 18.0 Å². The van der Waals surface area contributed by atoms with E-state index in [1.165, 1.54) is 19.3 Å². The number of aromatic nitrogens is 2. The molecular weight excluding hydrogens is 248 g/mol. The Balaban J connectivity index is 1.98. The van der Waals surface area contributed by atoms with Gasteiger partial charge < -0.3 is 10.2 Å². The summed E-state index contributed by atoms with van der Waals surface area (Å²) >= 11 is 0. The third-order valence-corrected chi connectivity index (χ3v) is 3.63. The molecule has 1 N–H and O–H groups in total. The molecule has 112 valence electrons. The van der Waals surface area contributed by atoms with E-state index in [0.29, 0.717) is 6.04 Å². The smallest absolute Gasteiger partial charge is 0.147 e. The van der Waals surface area contributed by atoms with Crippen molar-refractivity contribution >= 4 is 5.82 Å². The zero-order valence-electron chi connectivity index (χ0n) is 13.1. The van der Waals surface area contributed by atoms with Gasteiger partial charge in [-0.05, 0) is 38.1 Å². The van der Waals surface area contributed by atoms with E-state index in [0.717, 1.165) is 43.5 Å². The Kier molecular flexibility index (Phi) is 5.77. The minimum absolute atomic E-state index is 0.696. The second-order valence-corrected chi connectivity index (χ2v) is 6.15. The highest BCUT2D eigenvalue weighted by molar-refractivity contribution is 5.39. The van der Waals surface area contributed by atoms with E-state index in [2.05, 4.69) is 36.0 Å². The Bertz CT molecular complexity index is 401. The van der Waals surface area contributed by atoms with Gasteiger partial charge in [-0.3, -0.25) is 4.98 Å². The van der Waals surface area contributed by atoms with Crippen molar-refractivity contribution in [3.05, 3.63) is 18.1 Å². The van der Waals surface area contributed by atoms with E-state index < -0.39 is 0 Å². The minimum Gasteiger partial charge on any atom is -0.352 e. The summed E-state index contributed by atoms with van der Waals surface area (Å²) in [5, 5.41) is 3.39. The van der Waals surface area contributed by atoms with E-state index in [9.17, 15) is 0 Å². The van der Waals surface area contributed by atoms with Crippen LogP contribution < -0.4 is 10.2 Å². The van der Waals surface area contributed by atoms with E-state index in [-0.39, 0.29) is 0 Å². The average molecular weight is 276 g/mol. The molecule has 20 heavy (non-hydrogen) atoms. The zero-order valence-corrected chi connectivity index (χ0v) is 13.1. The molecule has 1 aromatic heterocycles. The van der Waals surface area contributed by atoms with Gasteiger partial charge in [0.15, 0.2) is 0 Å². The van der Waals surface area contributed by atoms with Gasteiger partial charge in [-0.1, -0.05) is 20.8 Å². The Morgan fingerprint density at radius 1 is 1.35 bits per heavy atom. The van der Waals surface area contributed by atoms with Crippen molar-refractivity contribution in [2.24, 2.45) is 5.92 Å². The molecule has 0 saturated heterocycles. The topological polar surface area (TPSA) is 41.1 Å². The summed E-state index contributed by atoms with van der Waals surface area (Å²) in [6.07, 6.45) is 8.77. The van der Waals surface area contributed by atoms with Crippen molar-refractivity contribution in [3.8, 4) is 0 Å². The lowest BCUT2D eigenvalue weighted by atomic mass is 10.1. The summed E-state index contributed by atoms with van der Waals surface area (Å²) in [6.45, 7) is 9.69. The molecule has 0 atom stereocenters. The van der Waals surface area contributed by atoms with E-state index in [1.54, 1.807) is 0 Å². The van der Waals surface area contributed by atoms with E-state index in [1.807, 2.05) is 12.4 Å². The fourth-order valence-corrected chi connectivity index (χ4v) is 2.28. The third kappa shape index (κ3) is 4.75. The van der Waals surface area contributed by atoms with Gasteiger partial charge in [0.25, 0.3) is 0 Å². The molecule has 4 heteroatoms. The molecule has 1 aromatic rings. The zero-order chi connectivity index (χ0) is 14.4. The van der Waals surface area contributed by atoms with E-state index in [4.69, 9.17) is 4.98 Å². The molecule has 0 aromatic carbocycles. The molecular formula is C16H28N4. The summed E-state index contributed by atoms with van der Waals surface area (Å²) in [5.74, 6) is 1.79. The summed E-state index contributed by atoms with van der Waals surface area (Å²) < 4.78 is 0. The van der Waals surface area contributed by atoms with Crippen LogP contribution in [-0.2, 0) is 6.54 Å². The van der Waals surface area contributed by atoms with Crippen molar-refractivity contribution < 1.29 is 0 Å². The first-order valence-corrected chi connectivity index (χ1v) is 7.99. The summed E-state index contributed by atoms with van der Waals surface area (Å²) in [4.78, 5) is 11.6. The second-order valence-electron chi connectivity index (χ2n) is 6.15. The molecule has 0 bridgehead atoms. The molecule has 0 aliphatic heterocycles. The largest absolute Gasteiger partial charge is 0.352 e. The van der Waals surface area contributed by atoms with Crippen LogP contribution in [0.15, 0.2) is 12.4 Å². The summed E-state index contributed by atoms with van der Waals surface area (Å²) in [7, 11) is 0. The maximum atomic E-state index is 4.79. The van der Waals surface area contributed by atoms with Gasteiger partial charge in [-0.2, -0.15) is 0 Å².